The second-order valence-electron chi connectivity index (χ2n) is 7.49. The highest BCUT2D eigenvalue weighted by Crippen LogP contribution is 2.28. The average molecular weight is 542 g/mol. The largest absolute Gasteiger partial charge is 0.357 e. The number of hydrogen-bond acceptors (Lipinski definition) is 6. The summed E-state index contributed by atoms with van der Waals surface area (Å²) in [5, 5.41) is 5.69. The van der Waals surface area contributed by atoms with Crippen LogP contribution < -0.4 is 10.2 Å². The molecule has 2 aromatic rings. The summed E-state index contributed by atoms with van der Waals surface area (Å²) >= 11 is 1.85. The Morgan fingerprint density at radius 3 is 2.47 bits per heavy atom. The molecule has 2 saturated heterocycles. The highest BCUT2D eigenvalue weighted by atomic mass is 127. The fourth-order valence-electron chi connectivity index (χ4n) is 4.09. The zero-order chi connectivity index (χ0) is 19.9. The fourth-order valence-corrected chi connectivity index (χ4v) is 4.94. The monoisotopic (exact) mass is 541 g/mol. The number of piperazine rings is 1. The van der Waals surface area contributed by atoms with Gasteiger partial charge in [-0.1, -0.05) is 6.07 Å². The summed E-state index contributed by atoms with van der Waals surface area (Å²) in [4.78, 5) is 22.5. The molecule has 2 fully saturated rings. The number of aliphatic imine (C=N–C) groups is 1. The summed E-state index contributed by atoms with van der Waals surface area (Å²) in [7, 11) is 0. The van der Waals surface area contributed by atoms with E-state index in [2.05, 4.69) is 54.4 Å². The van der Waals surface area contributed by atoms with Crippen LogP contribution in [0.25, 0.3) is 0 Å². The van der Waals surface area contributed by atoms with E-state index in [0.717, 1.165) is 51.2 Å². The Kier molecular flexibility index (Phi) is 9.13. The minimum atomic E-state index is 0. The second kappa shape index (κ2) is 11.8. The zero-order valence-corrected chi connectivity index (χ0v) is 20.8. The molecule has 0 saturated carbocycles. The molecule has 2 aliphatic rings. The summed E-state index contributed by atoms with van der Waals surface area (Å²) in [6.45, 7) is 9.88. The smallest absolute Gasteiger partial charge is 0.225 e. The Morgan fingerprint density at radius 1 is 1.10 bits per heavy atom. The molecule has 7 nitrogen and oxygen atoms in total. The number of likely N-dealkylation sites (tertiary alicyclic amines) is 1. The molecule has 4 heterocycles. The van der Waals surface area contributed by atoms with E-state index in [4.69, 9.17) is 4.99 Å². The van der Waals surface area contributed by atoms with E-state index < -0.39 is 0 Å². The van der Waals surface area contributed by atoms with Crippen molar-refractivity contribution in [3.63, 3.8) is 0 Å². The van der Waals surface area contributed by atoms with E-state index in [0.29, 0.717) is 6.04 Å². The van der Waals surface area contributed by atoms with Gasteiger partial charge in [-0.05, 0) is 50.4 Å². The Bertz CT molecular complexity index is 757. The lowest BCUT2D eigenvalue weighted by atomic mass is 10.2. The summed E-state index contributed by atoms with van der Waals surface area (Å²) in [6, 6.07) is 6.67. The predicted molar refractivity (Wildman–Crippen MR) is 135 cm³/mol. The van der Waals surface area contributed by atoms with Gasteiger partial charge in [-0.2, -0.15) is 0 Å². The van der Waals surface area contributed by atoms with Crippen molar-refractivity contribution in [2.45, 2.75) is 25.8 Å². The standard InChI is InChI=1S/C21H31N7S.HI/c1-2-22-20(27-12-14-28(15-13-27)21-23-8-6-9-24-21)25-17-18(19-7-5-16-29-19)26-10-3-4-11-26;/h5-9,16,18H,2-4,10-15,17H2,1H3,(H,22,25);1H. The summed E-state index contributed by atoms with van der Waals surface area (Å²) < 4.78 is 0. The molecule has 4 rings (SSSR count). The SMILES string of the molecule is CCNC(=NCC(c1cccs1)N1CCCC1)N1CCN(c2ncccn2)CC1.I. The van der Waals surface area contributed by atoms with Crippen LogP contribution in [0, 0.1) is 0 Å². The van der Waals surface area contributed by atoms with Gasteiger partial charge in [-0.3, -0.25) is 9.89 Å². The van der Waals surface area contributed by atoms with Gasteiger partial charge in [0.05, 0.1) is 12.6 Å². The first-order valence-electron chi connectivity index (χ1n) is 10.7. The van der Waals surface area contributed by atoms with Crippen LogP contribution in [0.5, 0.6) is 0 Å². The van der Waals surface area contributed by atoms with Gasteiger partial charge in [0.1, 0.15) is 0 Å². The maximum atomic E-state index is 5.08. The van der Waals surface area contributed by atoms with E-state index in [9.17, 15) is 0 Å². The lowest BCUT2D eigenvalue weighted by molar-refractivity contribution is 0.254. The maximum Gasteiger partial charge on any atom is 0.225 e. The number of thiophene rings is 1. The minimum absolute atomic E-state index is 0. The van der Waals surface area contributed by atoms with E-state index in [-0.39, 0.29) is 24.0 Å². The summed E-state index contributed by atoms with van der Waals surface area (Å²) in [5.41, 5.74) is 0. The second-order valence-corrected chi connectivity index (χ2v) is 8.47. The lowest BCUT2D eigenvalue weighted by Gasteiger charge is -2.36. The molecule has 0 spiro atoms. The highest BCUT2D eigenvalue weighted by Gasteiger charge is 2.25. The van der Waals surface area contributed by atoms with Crippen LogP contribution in [-0.2, 0) is 0 Å². The highest BCUT2D eigenvalue weighted by molar-refractivity contribution is 14.0. The molecule has 0 amide bonds. The number of anilines is 1. The molecular weight excluding hydrogens is 509 g/mol. The van der Waals surface area contributed by atoms with Crippen molar-refractivity contribution in [3.8, 4) is 0 Å². The van der Waals surface area contributed by atoms with Crippen LogP contribution in [-0.4, -0.2) is 78.1 Å². The first kappa shape index (κ1) is 23.2. The van der Waals surface area contributed by atoms with Crippen molar-refractivity contribution in [1.29, 1.82) is 0 Å². The number of aromatic nitrogens is 2. The van der Waals surface area contributed by atoms with Crippen molar-refractivity contribution in [2.75, 3.05) is 57.3 Å². The average Bonchev–Trinajstić information content (AvgIpc) is 3.49. The molecule has 9 heteroatoms. The topological polar surface area (TPSA) is 59.9 Å². The molecule has 0 bridgehead atoms. The molecule has 0 aliphatic carbocycles. The Labute approximate surface area is 200 Å². The van der Waals surface area contributed by atoms with Gasteiger partial charge in [0.25, 0.3) is 0 Å². The molecular formula is C21H32IN7S. The van der Waals surface area contributed by atoms with Crippen molar-refractivity contribution in [2.24, 2.45) is 4.99 Å². The van der Waals surface area contributed by atoms with Gasteiger partial charge in [-0.25, -0.2) is 9.97 Å². The minimum Gasteiger partial charge on any atom is -0.357 e. The lowest BCUT2D eigenvalue weighted by Crippen LogP contribution is -2.53. The molecule has 2 aliphatic heterocycles. The van der Waals surface area contributed by atoms with Gasteiger partial charge in [0.15, 0.2) is 5.96 Å². The molecule has 2 aromatic heterocycles. The van der Waals surface area contributed by atoms with Crippen LogP contribution in [0.1, 0.15) is 30.7 Å². The normalized spacial score (nSPS) is 18.9. The van der Waals surface area contributed by atoms with Crippen molar-refractivity contribution < 1.29 is 0 Å². The quantitative estimate of drug-likeness (QED) is 0.345. The van der Waals surface area contributed by atoms with Crippen LogP contribution in [0.2, 0.25) is 0 Å². The predicted octanol–water partition coefficient (Wildman–Crippen LogP) is 3.08. The van der Waals surface area contributed by atoms with Gasteiger partial charge >= 0.3 is 0 Å². The van der Waals surface area contributed by atoms with Crippen LogP contribution >= 0.6 is 35.3 Å². The number of nitrogens with one attached hydrogen (secondary N) is 1. The van der Waals surface area contributed by atoms with Crippen LogP contribution in [0.4, 0.5) is 5.95 Å². The van der Waals surface area contributed by atoms with E-state index >= 15 is 0 Å². The zero-order valence-electron chi connectivity index (χ0n) is 17.6. The van der Waals surface area contributed by atoms with Gasteiger partial charge in [-0.15, -0.1) is 35.3 Å². The first-order chi connectivity index (χ1) is 14.3. The summed E-state index contributed by atoms with van der Waals surface area (Å²) in [6.07, 6.45) is 6.22. The molecule has 0 radical (unpaired) electrons. The Hall–Kier alpha value is -1.46. The third kappa shape index (κ3) is 5.82. The first-order valence-corrected chi connectivity index (χ1v) is 11.6. The number of guanidine groups is 1. The van der Waals surface area contributed by atoms with Crippen LogP contribution in [0.15, 0.2) is 41.0 Å². The van der Waals surface area contributed by atoms with Crippen LogP contribution in [0.3, 0.4) is 0 Å². The Balaban J connectivity index is 0.00000256. The maximum absolute atomic E-state index is 5.08. The number of rotatable bonds is 6. The molecule has 0 aromatic carbocycles. The fraction of sp³-hybridized carbons (Fsp3) is 0.571. The van der Waals surface area contributed by atoms with E-state index in [1.54, 1.807) is 0 Å². The molecule has 1 atom stereocenters. The Morgan fingerprint density at radius 2 is 1.83 bits per heavy atom. The van der Waals surface area contributed by atoms with Gasteiger partial charge in [0.2, 0.25) is 5.95 Å². The third-order valence-corrected chi connectivity index (χ3v) is 6.59. The van der Waals surface area contributed by atoms with Crippen molar-refractivity contribution in [3.05, 3.63) is 40.8 Å². The number of halogens is 1. The number of nitrogens with zero attached hydrogens (tertiary/aromatic N) is 6. The molecule has 1 N–H and O–H groups in total. The third-order valence-electron chi connectivity index (χ3n) is 5.62. The van der Waals surface area contributed by atoms with Gasteiger partial charge < -0.3 is 15.1 Å². The van der Waals surface area contributed by atoms with E-state index in [1.165, 1.54) is 30.8 Å². The van der Waals surface area contributed by atoms with Crippen molar-refractivity contribution >= 4 is 47.2 Å². The molecule has 164 valence electrons. The molecule has 1 unspecified atom stereocenters. The van der Waals surface area contributed by atoms with Crippen molar-refractivity contribution in [1.82, 2.24) is 25.1 Å². The molecule has 30 heavy (non-hydrogen) atoms. The summed E-state index contributed by atoms with van der Waals surface area (Å²) in [5.74, 6) is 1.85. The number of hydrogen-bond donors (Lipinski definition) is 1. The van der Waals surface area contributed by atoms with E-state index in [1.807, 2.05) is 29.8 Å². The van der Waals surface area contributed by atoms with Gasteiger partial charge in [0, 0.05) is 50.0 Å².